The summed E-state index contributed by atoms with van der Waals surface area (Å²) in [6.45, 7) is 5.84. The van der Waals surface area contributed by atoms with Gasteiger partial charge in [0.05, 0.1) is 18.6 Å². The maximum absolute atomic E-state index is 12.6. The number of sulfonamides is 1. The molecule has 0 spiro atoms. The summed E-state index contributed by atoms with van der Waals surface area (Å²) >= 11 is 1.32. The molecule has 2 aromatic rings. The quantitative estimate of drug-likeness (QED) is 0.665. The standard InChI is InChI=1S/C19H27N5O3S2/c1-14-4-6-16(7-5-14)24-17(12-20-29(3,26)27)21-22-19(24)28-13-18(25)23-10-8-15(2)9-11-23/h4-7,15,20H,8-13H2,1-3H3. The Kier molecular flexibility index (Phi) is 6.97. The fraction of sp³-hybridized carbons (Fsp3) is 0.526. The number of hydrogen-bond donors (Lipinski definition) is 1. The van der Waals surface area contributed by atoms with Crippen LogP contribution in [0.5, 0.6) is 0 Å². The molecule has 0 aliphatic carbocycles. The van der Waals surface area contributed by atoms with Gasteiger partial charge >= 0.3 is 0 Å². The molecule has 1 aromatic carbocycles. The highest BCUT2D eigenvalue weighted by Gasteiger charge is 2.22. The molecule has 0 saturated carbocycles. The molecule has 1 aliphatic heterocycles. The van der Waals surface area contributed by atoms with Crippen molar-refractivity contribution in [3.63, 3.8) is 0 Å². The molecule has 1 saturated heterocycles. The molecule has 1 N–H and O–H groups in total. The van der Waals surface area contributed by atoms with E-state index in [2.05, 4.69) is 21.8 Å². The van der Waals surface area contributed by atoms with Crippen LogP contribution in [0.15, 0.2) is 29.4 Å². The van der Waals surface area contributed by atoms with Gasteiger partial charge in [-0.3, -0.25) is 9.36 Å². The van der Waals surface area contributed by atoms with E-state index < -0.39 is 10.0 Å². The zero-order chi connectivity index (χ0) is 21.0. The SMILES string of the molecule is Cc1ccc(-n2c(CNS(C)(=O)=O)nnc2SCC(=O)N2CCC(C)CC2)cc1. The van der Waals surface area contributed by atoms with Crippen LogP contribution in [-0.4, -0.2) is 59.1 Å². The highest BCUT2D eigenvalue weighted by atomic mass is 32.2. The van der Waals surface area contributed by atoms with Crippen LogP contribution in [0, 0.1) is 12.8 Å². The average molecular weight is 438 g/mol. The predicted molar refractivity (Wildman–Crippen MR) is 113 cm³/mol. The van der Waals surface area contributed by atoms with Gasteiger partial charge < -0.3 is 4.90 Å². The number of carbonyl (C=O) groups excluding carboxylic acids is 1. The van der Waals surface area contributed by atoms with Crippen LogP contribution >= 0.6 is 11.8 Å². The highest BCUT2D eigenvalue weighted by Crippen LogP contribution is 2.24. The van der Waals surface area contributed by atoms with E-state index in [0.717, 1.165) is 43.4 Å². The number of aromatic nitrogens is 3. The molecule has 1 aliphatic rings. The lowest BCUT2D eigenvalue weighted by atomic mass is 9.99. The molecular weight excluding hydrogens is 410 g/mol. The normalized spacial score (nSPS) is 15.6. The topological polar surface area (TPSA) is 97.2 Å². The van der Waals surface area contributed by atoms with Crippen LogP contribution in [0.2, 0.25) is 0 Å². The Labute approximate surface area is 176 Å². The maximum atomic E-state index is 12.6. The van der Waals surface area contributed by atoms with E-state index in [-0.39, 0.29) is 18.2 Å². The average Bonchev–Trinajstić information content (AvgIpc) is 3.08. The maximum Gasteiger partial charge on any atom is 0.233 e. The Morgan fingerprint density at radius 1 is 1.21 bits per heavy atom. The first kappa shape index (κ1) is 21.8. The van der Waals surface area contributed by atoms with E-state index in [1.165, 1.54) is 11.8 Å². The third kappa shape index (κ3) is 6.03. The molecule has 1 aromatic heterocycles. The molecule has 0 atom stereocenters. The summed E-state index contributed by atoms with van der Waals surface area (Å²) in [5, 5.41) is 8.94. The first-order chi connectivity index (χ1) is 13.7. The second-order valence-corrected chi connectivity index (χ2v) is 10.3. The molecule has 29 heavy (non-hydrogen) atoms. The van der Waals surface area contributed by atoms with Crippen LogP contribution in [-0.2, 0) is 21.4 Å². The second-order valence-electron chi connectivity index (χ2n) is 7.52. The van der Waals surface area contributed by atoms with Crippen molar-refractivity contribution in [2.24, 2.45) is 5.92 Å². The van der Waals surface area contributed by atoms with Crippen molar-refractivity contribution in [3.05, 3.63) is 35.7 Å². The van der Waals surface area contributed by atoms with Crippen LogP contribution < -0.4 is 4.72 Å². The Bertz CT molecular complexity index is 949. The largest absolute Gasteiger partial charge is 0.342 e. The molecule has 0 unspecified atom stereocenters. The van der Waals surface area contributed by atoms with Gasteiger partial charge in [-0.05, 0) is 37.8 Å². The Balaban J connectivity index is 1.77. The minimum Gasteiger partial charge on any atom is -0.342 e. The molecule has 8 nitrogen and oxygen atoms in total. The van der Waals surface area contributed by atoms with Gasteiger partial charge in [-0.15, -0.1) is 10.2 Å². The van der Waals surface area contributed by atoms with Crippen molar-refractivity contribution in [2.45, 2.75) is 38.4 Å². The number of rotatable bonds is 7. The van der Waals surface area contributed by atoms with Crippen LogP contribution in [0.25, 0.3) is 5.69 Å². The van der Waals surface area contributed by atoms with Gasteiger partial charge in [-0.2, -0.15) is 0 Å². The molecule has 10 heteroatoms. The van der Waals surface area contributed by atoms with Crippen molar-refractivity contribution in [3.8, 4) is 5.69 Å². The predicted octanol–water partition coefficient (Wildman–Crippen LogP) is 1.98. The number of piperidine rings is 1. The van der Waals surface area contributed by atoms with Gasteiger partial charge in [0, 0.05) is 18.8 Å². The summed E-state index contributed by atoms with van der Waals surface area (Å²) in [6.07, 6.45) is 3.18. The summed E-state index contributed by atoms with van der Waals surface area (Å²) in [4.78, 5) is 14.5. The van der Waals surface area contributed by atoms with Crippen molar-refractivity contribution in [1.29, 1.82) is 0 Å². The van der Waals surface area contributed by atoms with Gasteiger partial charge in [0.15, 0.2) is 11.0 Å². The molecule has 0 radical (unpaired) electrons. The molecule has 1 amide bonds. The van der Waals surface area contributed by atoms with E-state index in [1.54, 1.807) is 4.57 Å². The molecule has 1 fully saturated rings. The summed E-state index contributed by atoms with van der Waals surface area (Å²) in [5.41, 5.74) is 1.94. The zero-order valence-electron chi connectivity index (χ0n) is 17.0. The third-order valence-corrected chi connectivity index (χ3v) is 6.53. The summed E-state index contributed by atoms with van der Waals surface area (Å²) < 4.78 is 27.2. The highest BCUT2D eigenvalue weighted by molar-refractivity contribution is 7.99. The van der Waals surface area contributed by atoms with Crippen molar-refractivity contribution < 1.29 is 13.2 Å². The summed E-state index contributed by atoms with van der Waals surface area (Å²) in [6, 6.07) is 7.80. The van der Waals surface area contributed by atoms with Crippen molar-refractivity contribution in [1.82, 2.24) is 24.4 Å². The lowest BCUT2D eigenvalue weighted by molar-refractivity contribution is -0.129. The van der Waals surface area contributed by atoms with Crippen LogP contribution in [0.1, 0.15) is 31.2 Å². The number of amides is 1. The van der Waals surface area contributed by atoms with Gasteiger partial charge in [0.1, 0.15) is 0 Å². The Morgan fingerprint density at radius 3 is 2.48 bits per heavy atom. The van der Waals surface area contributed by atoms with Gasteiger partial charge in [0.25, 0.3) is 0 Å². The van der Waals surface area contributed by atoms with E-state index in [4.69, 9.17) is 0 Å². The molecule has 0 bridgehead atoms. The van der Waals surface area contributed by atoms with Gasteiger partial charge in [-0.25, -0.2) is 13.1 Å². The summed E-state index contributed by atoms with van der Waals surface area (Å²) in [5.74, 6) is 1.51. The minimum absolute atomic E-state index is 0.0260. The van der Waals surface area contributed by atoms with Gasteiger partial charge in [-0.1, -0.05) is 36.4 Å². The van der Waals surface area contributed by atoms with E-state index in [0.29, 0.717) is 16.9 Å². The Morgan fingerprint density at radius 2 is 1.86 bits per heavy atom. The number of carbonyl (C=O) groups is 1. The van der Waals surface area contributed by atoms with Crippen LogP contribution in [0.4, 0.5) is 0 Å². The second kappa shape index (κ2) is 9.27. The minimum atomic E-state index is -3.36. The van der Waals surface area contributed by atoms with Crippen LogP contribution in [0.3, 0.4) is 0 Å². The molecule has 2 heterocycles. The fourth-order valence-corrected chi connectivity index (χ4v) is 4.40. The zero-order valence-corrected chi connectivity index (χ0v) is 18.6. The monoisotopic (exact) mass is 437 g/mol. The Hall–Kier alpha value is -1.91. The number of aryl methyl sites for hydroxylation is 1. The smallest absolute Gasteiger partial charge is 0.233 e. The van der Waals surface area contributed by atoms with Gasteiger partial charge in [0.2, 0.25) is 15.9 Å². The first-order valence-electron chi connectivity index (χ1n) is 9.59. The van der Waals surface area contributed by atoms with E-state index >= 15 is 0 Å². The van der Waals surface area contributed by atoms with E-state index in [1.807, 2.05) is 36.1 Å². The third-order valence-electron chi connectivity index (χ3n) is 4.95. The molecule has 158 valence electrons. The van der Waals surface area contributed by atoms with Crippen molar-refractivity contribution in [2.75, 3.05) is 25.1 Å². The number of nitrogens with zero attached hydrogens (tertiary/aromatic N) is 4. The molecular formula is C19H27N5O3S2. The number of thioether (sulfide) groups is 1. The van der Waals surface area contributed by atoms with Crippen molar-refractivity contribution >= 4 is 27.7 Å². The lowest BCUT2D eigenvalue weighted by Crippen LogP contribution is -2.38. The number of nitrogens with one attached hydrogen (secondary N) is 1. The fourth-order valence-electron chi connectivity index (χ4n) is 3.13. The first-order valence-corrected chi connectivity index (χ1v) is 12.5. The number of hydrogen-bond acceptors (Lipinski definition) is 6. The summed E-state index contributed by atoms with van der Waals surface area (Å²) in [7, 11) is -3.36. The van der Waals surface area contributed by atoms with E-state index in [9.17, 15) is 13.2 Å². The lowest BCUT2D eigenvalue weighted by Gasteiger charge is -2.30. The molecule has 3 rings (SSSR count). The number of likely N-dealkylation sites (tertiary alicyclic amines) is 1. The number of benzene rings is 1.